The number of hydrogen-bond donors (Lipinski definition) is 2. The molecule has 1 aliphatic carbocycles. The molecule has 0 radical (unpaired) electrons. The Bertz CT molecular complexity index is 2330. The van der Waals surface area contributed by atoms with Crippen molar-refractivity contribution in [3.63, 3.8) is 0 Å². The maximum Gasteiger partial charge on any atom is 0.336 e. The summed E-state index contributed by atoms with van der Waals surface area (Å²) >= 11 is 0. The second-order valence-electron chi connectivity index (χ2n) is 16.7. The number of aromatic carboxylic acids is 2. The first kappa shape index (κ1) is 41.9. The molecule has 2 heterocycles. The maximum atomic E-state index is 14.0. The van der Waals surface area contributed by atoms with E-state index in [1.807, 2.05) is 42.5 Å². The molecule has 0 unspecified atom stereocenters. The number of carboxylic acids is 2. The van der Waals surface area contributed by atoms with Crippen LogP contribution in [0.2, 0.25) is 0 Å². The van der Waals surface area contributed by atoms with E-state index < -0.39 is 17.4 Å². The predicted octanol–water partition coefficient (Wildman–Crippen LogP) is 9.61. The first-order chi connectivity index (χ1) is 27.7. The van der Waals surface area contributed by atoms with Gasteiger partial charge in [0.25, 0.3) is 0 Å². The summed E-state index contributed by atoms with van der Waals surface area (Å²) < 4.78 is 2.26. The van der Waals surface area contributed by atoms with E-state index in [2.05, 4.69) is 75.0 Å². The van der Waals surface area contributed by atoms with E-state index in [4.69, 9.17) is 0 Å². The number of likely N-dealkylation sites (N-methyl/N-ethyl adjacent to an activating group) is 1. The normalized spacial score (nSPS) is 17.7. The summed E-state index contributed by atoms with van der Waals surface area (Å²) in [6, 6.07) is 18.3. The zero-order chi connectivity index (χ0) is 41.8. The van der Waals surface area contributed by atoms with E-state index in [1.54, 1.807) is 0 Å². The van der Waals surface area contributed by atoms with Gasteiger partial charge in [0.1, 0.15) is 6.54 Å². The third kappa shape index (κ3) is 8.18. The molecule has 0 aromatic heterocycles. The maximum absolute atomic E-state index is 14.0. The lowest BCUT2D eigenvalue weighted by atomic mass is 9.77. The summed E-state index contributed by atoms with van der Waals surface area (Å²) in [5, 5.41) is 33.0. The fourth-order valence-corrected chi connectivity index (χ4v) is 8.75. The van der Waals surface area contributed by atoms with Gasteiger partial charge in [-0.05, 0) is 75.2 Å². The second kappa shape index (κ2) is 17.4. The zero-order valence-electron chi connectivity index (χ0n) is 34.8. The summed E-state index contributed by atoms with van der Waals surface area (Å²) in [6.45, 7) is 14.3. The molecule has 3 aromatic rings. The van der Waals surface area contributed by atoms with E-state index in [-0.39, 0.29) is 39.2 Å². The molecule has 0 spiro atoms. The minimum Gasteiger partial charge on any atom is -0.871 e. The monoisotopic (exact) mass is 780 g/mol. The van der Waals surface area contributed by atoms with Crippen molar-refractivity contribution < 1.29 is 34.3 Å². The summed E-state index contributed by atoms with van der Waals surface area (Å²) in [5.41, 5.74) is 6.10. The molecule has 3 aliphatic rings. The van der Waals surface area contributed by atoms with Crippen molar-refractivity contribution in [1.29, 1.82) is 0 Å². The van der Waals surface area contributed by atoms with Crippen LogP contribution >= 0.6 is 0 Å². The van der Waals surface area contributed by atoms with Crippen LogP contribution in [0.4, 0.5) is 11.4 Å². The van der Waals surface area contributed by atoms with Crippen LogP contribution in [0.15, 0.2) is 95.4 Å². The highest BCUT2D eigenvalue weighted by Gasteiger charge is 2.46. The average molecular weight is 781 g/mol. The van der Waals surface area contributed by atoms with Gasteiger partial charge in [-0.3, -0.25) is 4.79 Å². The number of ketones is 1. The number of Topliss-reactive ketones (excluding diaryl/α,β-unsaturated/α-hetero) is 1. The quantitative estimate of drug-likeness (QED) is 0.0643. The molecule has 2 aliphatic heterocycles. The number of nitrogens with zero attached hydrogens (tertiary/aromatic N) is 2. The number of para-hydroxylation sites is 1. The van der Waals surface area contributed by atoms with Gasteiger partial charge < -0.3 is 20.2 Å². The Morgan fingerprint density at radius 1 is 0.741 bits per heavy atom. The highest BCUT2D eigenvalue weighted by molar-refractivity contribution is 6.24. The van der Waals surface area contributed by atoms with Gasteiger partial charge in [-0.1, -0.05) is 108 Å². The molecule has 0 saturated heterocycles. The number of carboxylic acid groups (broad SMARTS) is 2. The minimum absolute atomic E-state index is 0.200. The molecule has 8 nitrogen and oxygen atoms in total. The molecule has 8 heteroatoms. The van der Waals surface area contributed by atoms with Crippen LogP contribution in [-0.2, 0) is 15.6 Å². The van der Waals surface area contributed by atoms with Crippen molar-refractivity contribution in [3.05, 3.63) is 129 Å². The van der Waals surface area contributed by atoms with Gasteiger partial charge in [0.15, 0.2) is 11.5 Å². The van der Waals surface area contributed by atoms with Crippen molar-refractivity contribution in [2.24, 2.45) is 0 Å². The summed E-state index contributed by atoms with van der Waals surface area (Å²) in [7, 11) is 0. The van der Waals surface area contributed by atoms with Crippen LogP contribution in [0.5, 0.6) is 0 Å². The second-order valence-corrected chi connectivity index (χ2v) is 16.7. The van der Waals surface area contributed by atoms with Gasteiger partial charge in [0.2, 0.25) is 5.69 Å². The molecule has 6 rings (SSSR count). The molecule has 0 saturated carbocycles. The first-order valence-electron chi connectivity index (χ1n) is 20.9. The number of carbonyl (C=O) groups excluding carboxylic acids is 1. The van der Waals surface area contributed by atoms with E-state index in [0.717, 1.165) is 54.3 Å². The number of allylic oxidation sites excluding steroid dienone is 5. The van der Waals surface area contributed by atoms with Crippen LogP contribution in [0, 0.1) is 11.8 Å². The van der Waals surface area contributed by atoms with E-state index in [9.17, 15) is 29.7 Å². The van der Waals surface area contributed by atoms with Crippen LogP contribution in [0.3, 0.4) is 0 Å². The van der Waals surface area contributed by atoms with Crippen LogP contribution in [0.1, 0.15) is 149 Å². The standard InChI is InChI=1S/C50H56N2O6/c1-7-9-10-11-12-13-14-15-16-19-28-52-42-27-25-34(23-22-33-24-26-35(47(55)56)36(29-33)48(57)58)30-40(42)50(5,6)44(52)32-38-45(53)37(46(38)54)31-43-49(3,4)39-20-17-18-21-41(39)51(43)8-2/h17-18,20-21,24-27,29-32H,7-16,19,28H2,1-6H3,(H2-,53,54,55,56,57,58). The van der Waals surface area contributed by atoms with Crippen molar-refractivity contribution in [2.75, 3.05) is 18.0 Å². The van der Waals surface area contributed by atoms with Gasteiger partial charge in [-0.15, -0.1) is 0 Å². The fraction of sp³-hybridized carbons (Fsp3) is 0.400. The summed E-state index contributed by atoms with van der Waals surface area (Å²) in [4.78, 5) is 39.5. The van der Waals surface area contributed by atoms with E-state index in [0.29, 0.717) is 11.1 Å². The Kier molecular flexibility index (Phi) is 12.6. The molecule has 302 valence electrons. The number of benzene rings is 3. The number of anilines is 1. The molecule has 58 heavy (non-hydrogen) atoms. The first-order valence-corrected chi connectivity index (χ1v) is 20.9. The summed E-state index contributed by atoms with van der Waals surface area (Å²) in [5.74, 6) is 3.04. The van der Waals surface area contributed by atoms with Crippen LogP contribution < -0.4 is 10.0 Å². The van der Waals surface area contributed by atoms with Crippen molar-refractivity contribution in [3.8, 4) is 11.8 Å². The predicted molar refractivity (Wildman–Crippen MR) is 228 cm³/mol. The smallest absolute Gasteiger partial charge is 0.336 e. The highest BCUT2D eigenvalue weighted by atomic mass is 16.4. The molecule has 0 bridgehead atoms. The number of hydrogen-bond acceptors (Lipinski definition) is 5. The Hall–Kier alpha value is -5.68. The van der Waals surface area contributed by atoms with Gasteiger partial charge in [-0.2, -0.15) is 4.58 Å². The van der Waals surface area contributed by atoms with E-state index >= 15 is 0 Å². The largest absolute Gasteiger partial charge is 0.871 e. The van der Waals surface area contributed by atoms with Gasteiger partial charge >= 0.3 is 11.9 Å². The molecule has 3 aromatic carbocycles. The molecule has 0 amide bonds. The Labute approximate surface area is 343 Å². The Morgan fingerprint density at radius 3 is 1.97 bits per heavy atom. The zero-order valence-corrected chi connectivity index (χ0v) is 34.8. The molecule has 2 N–H and O–H groups in total. The van der Waals surface area contributed by atoms with Crippen molar-refractivity contribution >= 4 is 34.8 Å². The third-order valence-corrected chi connectivity index (χ3v) is 12.1. The van der Waals surface area contributed by atoms with Crippen molar-refractivity contribution in [1.82, 2.24) is 0 Å². The van der Waals surface area contributed by atoms with Gasteiger partial charge in [0.05, 0.1) is 16.5 Å². The van der Waals surface area contributed by atoms with Gasteiger partial charge in [0, 0.05) is 69.7 Å². The topological polar surface area (TPSA) is 121 Å². The number of carbonyl (C=O) groups is 3. The average Bonchev–Trinajstić information content (AvgIpc) is 3.55. The fourth-order valence-electron chi connectivity index (χ4n) is 8.75. The number of unbranched alkanes of at least 4 members (excludes halogenated alkanes) is 9. The SMILES string of the molecule is CCCCCCCCCCCC[N+]1=C(/C=C2/C(=O)C(/C=C3\N(CC)c4ccccc4C3(C)C)=C2[O-])C(C)(C)c2cc(C#Cc3ccc(C(=O)O)c(C(=O)O)c3)ccc21. The molecule has 0 fully saturated rings. The van der Waals surface area contributed by atoms with Gasteiger partial charge in [-0.25, -0.2) is 9.59 Å². The lowest BCUT2D eigenvalue weighted by molar-refractivity contribution is -0.438. The minimum atomic E-state index is -1.33. The number of rotatable bonds is 16. The molecule has 0 atom stereocenters. The Morgan fingerprint density at radius 2 is 1.34 bits per heavy atom. The molecular weight excluding hydrogens is 725 g/mol. The lowest BCUT2D eigenvalue weighted by Gasteiger charge is -2.32. The third-order valence-electron chi connectivity index (χ3n) is 12.1. The highest BCUT2D eigenvalue weighted by Crippen LogP contribution is 2.49. The summed E-state index contributed by atoms with van der Waals surface area (Å²) in [6.07, 6.45) is 15.8. The Balaban J connectivity index is 1.30. The number of fused-ring (bicyclic) bond motifs is 2. The molecular formula is C50H56N2O6. The van der Waals surface area contributed by atoms with E-state index in [1.165, 1.54) is 75.1 Å². The lowest BCUT2D eigenvalue weighted by Crippen LogP contribution is -2.35. The van der Waals surface area contributed by atoms with Crippen LogP contribution in [0.25, 0.3) is 0 Å². The van der Waals surface area contributed by atoms with Crippen LogP contribution in [-0.4, -0.2) is 51.3 Å². The van der Waals surface area contributed by atoms with Crippen molar-refractivity contribution in [2.45, 2.75) is 117 Å².